The Morgan fingerprint density at radius 3 is 2.70 bits per heavy atom. The largest absolute Gasteiger partial charge is 0.469 e. The minimum atomic E-state index is -0.207. The van der Waals surface area contributed by atoms with Crippen LogP contribution in [0, 0.1) is 5.92 Å². The van der Waals surface area contributed by atoms with Gasteiger partial charge < -0.3 is 25.4 Å². The zero-order chi connectivity index (χ0) is 23.2. The maximum Gasteiger partial charge on any atom is 0.310 e. The summed E-state index contributed by atoms with van der Waals surface area (Å²) < 4.78 is 10.9. The Bertz CT molecular complexity index is 1140. The summed E-state index contributed by atoms with van der Waals surface area (Å²) in [6, 6.07) is 15.1. The number of thioether (sulfide) groups is 1. The van der Waals surface area contributed by atoms with Crippen molar-refractivity contribution in [3.05, 3.63) is 72.5 Å². The molecule has 2 aromatic carbocycles. The van der Waals surface area contributed by atoms with Gasteiger partial charge in [-0.25, -0.2) is 9.97 Å². The van der Waals surface area contributed by atoms with Crippen molar-refractivity contribution in [1.82, 2.24) is 9.97 Å². The van der Waals surface area contributed by atoms with Crippen LogP contribution in [0.15, 0.2) is 77.4 Å². The van der Waals surface area contributed by atoms with E-state index in [-0.39, 0.29) is 11.9 Å². The Morgan fingerprint density at radius 2 is 1.94 bits per heavy atom. The van der Waals surface area contributed by atoms with Crippen molar-refractivity contribution in [3.63, 3.8) is 0 Å². The van der Waals surface area contributed by atoms with E-state index in [0.29, 0.717) is 42.6 Å². The number of nitrogens with one attached hydrogen (secondary N) is 1. The molecule has 0 unspecified atom stereocenters. The number of nitrogens with two attached hydrogens (primary N) is 1. The normalized spacial score (nSPS) is 15.2. The number of esters is 1. The van der Waals surface area contributed by atoms with Gasteiger partial charge in [0.05, 0.1) is 18.1 Å². The zero-order valence-corrected chi connectivity index (χ0v) is 19.0. The molecule has 0 aliphatic carbocycles. The van der Waals surface area contributed by atoms with Crippen molar-refractivity contribution >= 4 is 34.9 Å². The number of nitrogens with zero attached hydrogens (tertiary/aromatic N) is 3. The van der Waals surface area contributed by atoms with Crippen LogP contribution in [0.4, 0.5) is 17.2 Å². The maximum absolute atomic E-state index is 11.9. The van der Waals surface area contributed by atoms with E-state index in [1.165, 1.54) is 18.9 Å². The first-order chi connectivity index (χ1) is 16.0. The highest BCUT2D eigenvalue weighted by atomic mass is 32.2. The summed E-state index contributed by atoms with van der Waals surface area (Å²) in [4.78, 5) is 23.6. The van der Waals surface area contributed by atoms with Gasteiger partial charge in [-0.05, 0) is 42.8 Å². The van der Waals surface area contributed by atoms with Gasteiger partial charge in [0.1, 0.15) is 5.75 Å². The number of ether oxygens (including phenoxy) is 2. The van der Waals surface area contributed by atoms with E-state index in [9.17, 15) is 4.79 Å². The Labute approximate surface area is 196 Å². The van der Waals surface area contributed by atoms with Crippen molar-refractivity contribution in [2.24, 2.45) is 5.92 Å². The molecule has 170 valence electrons. The highest BCUT2D eigenvalue weighted by molar-refractivity contribution is 8.03. The van der Waals surface area contributed by atoms with Crippen LogP contribution >= 0.6 is 11.8 Å². The molecular weight excluding hydrogens is 438 g/mol. The number of hydrogen-bond donors (Lipinski definition) is 2. The molecule has 0 saturated carbocycles. The Hall–Kier alpha value is -3.72. The quantitative estimate of drug-likeness (QED) is 0.283. The van der Waals surface area contributed by atoms with Gasteiger partial charge >= 0.3 is 5.97 Å². The van der Waals surface area contributed by atoms with Crippen LogP contribution in [0.2, 0.25) is 0 Å². The number of nitrogen functional groups attached to an aromatic ring is 1. The lowest BCUT2D eigenvalue weighted by Crippen LogP contribution is -2.24. The van der Waals surface area contributed by atoms with Crippen LogP contribution in [-0.4, -0.2) is 36.1 Å². The van der Waals surface area contributed by atoms with E-state index < -0.39 is 0 Å². The molecule has 1 aliphatic heterocycles. The topological polar surface area (TPSA) is 103 Å². The fourth-order valence-electron chi connectivity index (χ4n) is 3.53. The van der Waals surface area contributed by atoms with Crippen molar-refractivity contribution in [2.75, 3.05) is 36.1 Å². The molecular formula is C24H25N5O3S. The molecule has 3 aromatic rings. The molecule has 1 fully saturated rings. The molecule has 33 heavy (non-hydrogen) atoms. The fourth-order valence-corrected chi connectivity index (χ4v) is 4.30. The monoisotopic (exact) mass is 463 g/mol. The molecule has 1 atom stereocenters. The van der Waals surface area contributed by atoms with Crippen molar-refractivity contribution in [1.29, 1.82) is 0 Å². The van der Waals surface area contributed by atoms with Gasteiger partial charge in [-0.3, -0.25) is 4.79 Å². The molecule has 2 heterocycles. The Morgan fingerprint density at radius 1 is 1.18 bits per heavy atom. The van der Waals surface area contributed by atoms with Crippen LogP contribution in [0.25, 0.3) is 0 Å². The zero-order valence-electron chi connectivity index (χ0n) is 18.2. The van der Waals surface area contributed by atoms with Crippen LogP contribution < -0.4 is 20.7 Å². The number of methoxy groups -OCH3 is 1. The minimum absolute atomic E-state index is 0.174. The lowest BCUT2D eigenvalue weighted by Gasteiger charge is -2.19. The smallest absolute Gasteiger partial charge is 0.310 e. The van der Waals surface area contributed by atoms with Crippen LogP contribution in [0.5, 0.6) is 11.6 Å². The first kappa shape index (κ1) is 22.5. The van der Waals surface area contributed by atoms with Gasteiger partial charge in [0.25, 0.3) is 5.88 Å². The molecule has 1 saturated heterocycles. The predicted molar refractivity (Wildman–Crippen MR) is 130 cm³/mol. The number of carbonyl (C=O) groups is 1. The molecule has 0 bridgehead atoms. The van der Waals surface area contributed by atoms with E-state index in [4.69, 9.17) is 15.2 Å². The van der Waals surface area contributed by atoms with Gasteiger partial charge in [0.15, 0.2) is 5.82 Å². The second-order valence-corrected chi connectivity index (χ2v) is 8.59. The second kappa shape index (κ2) is 10.3. The number of anilines is 3. The molecule has 8 nitrogen and oxygen atoms in total. The van der Waals surface area contributed by atoms with Gasteiger partial charge in [0, 0.05) is 41.8 Å². The van der Waals surface area contributed by atoms with Crippen LogP contribution in [0.1, 0.15) is 6.42 Å². The van der Waals surface area contributed by atoms with Crippen molar-refractivity contribution in [2.45, 2.75) is 11.3 Å². The van der Waals surface area contributed by atoms with E-state index in [1.54, 1.807) is 12.4 Å². The van der Waals surface area contributed by atoms with Crippen molar-refractivity contribution in [3.8, 4) is 11.6 Å². The third kappa shape index (κ3) is 5.56. The molecule has 9 heteroatoms. The summed E-state index contributed by atoms with van der Waals surface area (Å²) in [6.07, 6.45) is 3.90. The predicted octanol–water partition coefficient (Wildman–Crippen LogP) is 4.53. The first-order valence-electron chi connectivity index (χ1n) is 10.4. The fraction of sp³-hybridized carbons (Fsp3) is 0.208. The van der Waals surface area contributed by atoms with Gasteiger partial charge in [-0.2, -0.15) is 0 Å². The van der Waals surface area contributed by atoms with E-state index >= 15 is 0 Å². The SMILES string of the molecule is C=C(Nc1ccc(Oc2nccnc2N2CC[C@H](C(=O)OC)C2)cc1)Sc1ccccc1N. The summed E-state index contributed by atoms with van der Waals surface area (Å²) in [5.41, 5.74) is 7.58. The average Bonchev–Trinajstić information content (AvgIpc) is 3.32. The van der Waals surface area contributed by atoms with Crippen LogP contribution in [0.3, 0.4) is 0 Å². The van der Waals surface area contributed by atoms with E-state index in [2.05, 4.69) is 21.9 Å². The molecule has 4 rings (SSSR count). The standard InChI is InChI=1S/C24H25N5O3S/c1-16(33-21-6-4-3-5-20(21)25)28-18-7-9-19(10-8-18)32-23-22(26-12-13-27-23)29-14-11-17(15-29)24(30)31-2/h3-10,12-13,17,28H,1,11,14-15,25H2,2H3/t17-/m0/s1. The lowest BCUT2D eigenvalue weighted by atomic mass is 10.1. The highest BCUT2D eigenvalue weighted by Crippen LogP contribution is 2.33. The first-order valence-corrected chi connectivity index (χ1v) is 11.2. The molecule has 0 amide bonds. The van der Waals surface area contributed by atoms with Gasteiger partial charge in [0.2, 0.25) is 0 Å². The summed E-state index contributed by atoms with van der Waals surface area (Å²) >= 11 is 1.47. The van der Waals surface area contributed by atoms with Crippen LogP contribution in [-0.2, 0) is 9.53 Å². The van der Waals surface area contributed by atoms with E-state index in [1.807, 2.05) is 53.4 Å². The van der Waals surface area contributed by atoms with Gasteiger partial charge in [-0.15, -0.1) is 0 Å². The number of benzene rings is 2. The molecule has 3 N–H and O–H groups in total. The Balaban J connectivity index is 1.39. The summed E-state index contributed by atoms with van der Waals surface area (Å²) in [5, 5.41) is 4.02. The number of rotatable bonds is 8. The minimum Gasteiger partial charge on any atom is -0.469 e. The third-order valence-corrected chi connectivity index (χ3v) is 6.11. The molecule has 1 aliphatic rings. The van der Waals surface area contributed by atoms with Gasteiger partial charge in [-0.1, -0.05) is 30.5 Å². The lowest BCUT2D eigenvalue weighted by molar-refractivity contribution is -0.144. The molecule has 0 spiro atoms. The maximum atomic E-state index is 11.9. The number of para-hydroxylation sites is 1. The summed E-state index contributed by atoms with van der Waals surface area (Å²) in [7, 11) is 1.41. The number of hydrogen-bond acceptors (Lipinski definition) is 9. The molecule has 1 aromatic heterocycles. The Kier molecular flexibility index (Phi) is 6.99. The average molecular weight is 464 g/mol. The third-order valence-electron chi connectivity index (χ3n) is 5.17. The second-order valence-electron chi connectivity index (χ2n) is 7.45. The number of aromatic nitrogens is 2. The molecule has 0 radical (unpaired) electrons. The highest BCUT2D eigenvalue weighted by Gasteiger charge is 2.31. The number of carbonyl (C=O) groups excluding carboxylic acids is 1. The summed E-state index contributed by atoms with van der Waals surface area (Å²) in [5.74, 6) is 1.24. The van der Waals surface area contributed by atoms with E-state index in [0.717, 1.165) is 15.6 Å². The summed E-state index contributed by atoms with van der Waals surface area (Å²) in [6.45, 7) is 5.27. The van der Waals surface area contributed by atoms with Crippen molar-refractivity contribution < 1.29 is 14.3 Å².